The highest BCUT2D eigenvalue weighted by atomic mass is 15.3. The monoisotopic (exact) mass is 253 g/mol. The van der Waals surface area contributed by atoms with Crippen molar-refractivity contribution in [3.8, 4) is 17.2 Å². The first-order valence-corrected chi connectivity index (χ1v) is 6.43. The molecule has 2 aromatic heterocycles. The smallest absolute Gasteiger partial charge is 0.170 e. The molecule has 19 heavy (non-hydrogen) atoms. The van der Waals surface area contributed by atoms with E-state index in [-0.39, 0.29) is 0 Å². The summed E-state index contributed by atoms with van der Waals surface area (Å²) in [6.07, 6.45) is 6.16. The highest BCUT2D eigenvalue weighted by Gasteiger charge is 2.14. The maximum atomic E-state index is 9.07. The molecular weight excluding hydrogens is 238 g/mol. The summed E-state index contributed by atoms with van der Waals surface area (Å²) in [6.45, 7) is 2.17. The first-order valence-electron chi connectivity index (χ1n) is 6.43. The van der Waals surface area contributed by atoms with Crippen molar-refractivity contribution in [1.82, 2.24) is 14.8 Å². The Balaban J connectivity index is 1.91. The van der Waals surface area contributed by atoms with Gasteiger partial charge >= 0.3 is 0 Å². The van der Waals surface area contributed by atoms with Gasteiger partial charge in [-0.1, -0.05) is 0 Å². The van der Waals surface area contributed by atoms with Crippen LogP contribution in [-0.2, 0) is 7.05 Å². The molecule has 96 valence electrons. The highest BCUT2D eigenvalue weighted by molar-refractivity contribution is 5.68. The molecule has 3 heterocycles. The van der Waals surface area contributed by atoms with E-state index in [1.165, 1.54) is 12.8 Å². The van der Waals surface area contributed by atoms with Gasteiger partial charge < -0.3 is 4.90 Å². The maximum absolute atomic E-state index is 9.07. The van der Waals surface area contributed by atoms with Crippen LogP contribution in [0.15, 0.2) is 24.5 Å². The van der Waals surface area contributed by atoms with Crippen molar-refractivity contribution in [3.63, 3.8) is 0 Å². The van der Waals surface area contributed by atoms with Crippen LogP contribution in [-0.4, -0.2) is 27.9 Å². The van der Waals surface area contributed by atoms with Crippen LogP contribution in [0.25, 0.3) is 11.1 Å². The minimum Gasteiger partial charge on any atom is -0.357 e. The Labute approximate surface area is 112 Å². The van der Waals surface area contributed by atoms with Gasteiger partial charge in [-0.25, -0.2) is 4.98 Å². The Hall–Kier alpha value is -2.35. The van der Waals surface area contributed by atoms with Crippen LogP contribution >= 0.6 is 0 Å². The quantitative estimate of drug-likeness (QED) is 0.821. The Bertz CT molecular complexity index is 614. The molecule has 1 fully saturated rings. The highest BCUT2D eigenvalue weighted by Crippen LogP contribution is 2.24. The predicted octanol–water partition coefficient (Wildman–Crippen LogP) is 1.95. The van der Waals surface area contributed by atoms with E-state index in [9.17, 15) is 0 Å². The Morgan fingerprint density at radius 3 is 2.68 bits per heavy atom. The van der Waals surface area contributed by atoms with Crippen LogP contribution < -0.4 is 4.90 Å². The normalized spacial score (nSPS) is 14.6. The molecule has 0 radical (unpaired) electrons. The van der Waals surface area contributed by atoms with Crippen molar-refractivity contribution in [3.05, 3.63) is 30.2 Å². The summed E-state index contributed by atoms with van der Waals surface area (Å²) in [7, 11) is 1.82. The van der Waals surface area contributed by atoms with Crippen molar-refractivity contribution >= 4 is 5.82 Å². The summed E-state index contributed by atoms with van der Waals surface area (Å²) in [4.78, 5) is 6.79. The van der Waals surface area contributed by atoms with Crippen molar-refractivity contribution in [1.29, 1.82) is 5.26 Å². The number of aryl methyl sites for hydroxylation is 1. The second-order valence-electron chi connectivity index (χ2n) is 4.78. The van der Waals surface area contributed by atoms with Gasteiger partial charge in [-0.2, -0.15) is 10.4 Å². The number of nitrogens with zero attached hydrogens (tertiary/aromatic N) is 5. The molecule has 0 amide bonds. The first-order chi connectivity index (χ1) is 9.28. The molecule has 0 bridgehead atoms. The molecule has 5 nitrogen and oxygen atoms in total. The fourth-order valence-electron chi connectivity index (χ4n) is 2.46. The Morgan fingerprint density at radius 2 is 2.05 bits per heavy atom. The van der Waals surface area contributed by atoms with E-state index in [4.69, 9.17) is 5.26 Å². The second-order valence-corrected chi connectivity index (χ2v) is 4.78. The first kappa shape index (κ1) is 11.7. The van der Waals surface area contributed by atoms with E-state index in [1.807, 2.05) is 31.6 Å². The molecule has 1 aliphatic heterocycles. The van der Waals surface area contributed by atoms with Gasteiger partial charge in [-0.3, -0.25) is 4.68 Å². The van der Waals surface area contributed by atoms with Gasteiger partial charge in [0.1, 0.15) is 11.9 Å². The van der Waals surface area contributed by atoms with E-state index in [1.54, 1.807) is 4.68 Å². The number of rotatable bonds is 2. The molecule has 0 N–H and O–H groups in total. The summed E-state index contributed by atoms with van der Waals surface area (Å²) in [6, 6.07) is 6.15. The minimum absolute atomic E-state index is 0.443. The lowest BCUT2D eigenvalue weighted by Gasteiger charge is -2.16. The minimum atomic E-state index is 0.443. The molecule has 1 aliphatic rings. The third-order valence-electron chi connectivity index (χ3n) is 3.42. The van der Waals surface area contributed by atoms with Gasteiger partial charge in [0.25, 0.3) is 0 Å². The van der Waals surface area contributed by atoms with Crippen LogP contribution in [0, 0.1) is 11.3 Å². The van der Waals surface area contributed by atoms with E-state index >= 15 is 0 Å². The van der Waals surface area contributed by atoms with Crippen molar-refractivity contribution in [2.45, 2.75) is 12.8 Å². The molecule has 0 aromatic carbocycles. The third kappa shape index (κ3) is 2.17. The largest absolute Gasteiger partial charge is 0.357 e. The van der Waals surface area contributed by atoms with Crippen molar-refractivity contribution < 1.29 is 0 Å². The third-order valence-corrected chi connectivity index (χ3v) is 3.42. The van der Waals surface area contributed by atoms with Gasteiger partial charge in [0.2, 0.25) is 0 Å². The zero-order valence-corrected chi connectivity index (χ0v) is 10.9. The van der Waals surface area contributed by atoms with Gasteiger partial charge in [-0.15, -0.1) is 0 Å². The standard InChI is InChI=1S/C14H15N5/c1-18-10-12(13(8-15)17-18)11-4-5-14(16-9-11)19-6-2-3-7-19/h4-5,9-10H,2-3,6-7H2,1H3. The van der Waals surface area contributed by atoms with Crippen molar-refractivity contribution in [2.24, 2.45) is 7.05 Å². The van der Waals surface area contributed by atoms with Crippen LogP contribution in [0.3, 0.4) is 0 Å². The number of pyridine rings is 1. The van der Waals surface area contributed by atoms with Gasteiger partial charge in [0, 0.05) is 43.7 Å². The SMILES string of the molecule is Cn1cc(-c2ccc(N3CCCC3)nc2)c(C#N)n1. The van der Waals surface area contributed by atoms with E-state index in [0.29, 0.717) is 5.69 Å². The number of aromatic nitrogens is 3. The molecule has 5 heteroatoms. The summed E-state index contributed by atoms with van der Waals surface area (Å²) in [5.74, 6) is 1.02. The second kappa shape index (κ2) is 4.73. The summed E-state index contributed by atoms with van der Waals surface area (Å²) >= 11 is 0. The lowest BCUT2D eigenvalue weighted by molar-refractivity contribution is 0.763. The lowest BCUT2D eigenvalue weighted by Crippen LogP contribution is -2.18. The molecule has 0 unspecified atom stereocenters. The Morgan fingerprint density at radius 1 is 1.26 bits per heavy atom. The molecule has 2 aromatic rings. The number of hydrogen-bond donors (Lipinski definition) is 0. The lowest BCUT2D eigenvalue weighted by atomic mass is 10.1. The predicted molar refractivity (Wildman–Crippen MR) is 72.6 cm³/mol. The van der Waals surface area contributed by atoms with Crippen LogP contribution in [0.2, 0.25) is 0 Å². The van der Waals surface area contributed by atoms with Gasteiger partial charge in [0.05, 0.1) is 0 Å². The molecular formula is C14H15N5. The van der Waals surface area contributed by atoms with Crippen LogP contribution in [0.4, 0.5) is 5.82 Å². The molecule has 0 atom stereocenters. The molecule has 3 rings (SSSR count). The molecule has 0 aliphatic carbocycles. The fraction of sp³-hybridized carbons (Fsp3) is 0.357. The van der Waals surface area contributed by atoms with Gasteiger partial charge in [0.15, 0.2) is 5.69 Å². The van der Waals surface area contributed by atoms with Gasteiger partial charge in [-0.05, 0) is 25.0 Å². The van der Waals surface area contributed by atoms with Crippen molar-refractivity contribution in [2.75, 3.05) is 18.0 Å². The van der Waals surface area contributed by atoms with Crippen LogP contribution in [0.5, 0.6) is 0 Å². The van der Waals surface area contributed by atoms with E-state index < -0.39 is 0 Å². The topological polar surface area (TPSA) is 57.7 Å². The number of anilines is 1. The average molecular weight is 253 g/mol. The van der Waals surface area contributed by atoms with E-state index in [0.717, 1.165) is 30.0 Å². The molecule has 1 saturated heterocycles. The molecule has 0 saturated carbocycles. The average Bonchev–Trinajstić information content (AvgIpc) is 3.08. The summed E-state index contributed by atoms with van der Waals surface area (Å²) in [5.41, 5.74) is 2.22. The number of hydrogen-bond acceptors (Lipinski definition) is 4. The zero-order valence-electron chi connectivity index (χ0n) is 10.9. The van der Waals surface area contributed by atoms with Crippen LogP contribution in [0.1, 0.15) is 18.5 Å². The molecule has 0 spiro atoms. The maximum Gasteiger partial charge on any atom is 0.170 e. The fourth-order valence-corrected chi connectivity index (χ4v) is 2.46. The summed E-state index contributed by atoms with van der Waals surface area (Å²) in [5, 5.41) is 13.2. The Kier molecular flexibility index (Phi) is 2.92. The number of nitriles is 1. The van der Waals surface area contributed by atoms with E-state index in [2.05, 4.69) is 21.1 Å². The summed E-state index contributed by atoms with van der Waals surface area (Å²) < 4.78 is 1.66. The zero-order chi connectivity index (χ0) is 13.2.